The topological polar surface area (TPSA) is 83.7 Å². The lowest BCUT2D eigenvalue weighted by Gasteiger charge is -2.28. The zero-order valence-electron chi connectivity index (χ0n) is 19.0. The van der Waals surface area contributed by atoms with Crippen molar-refractivity contribution in [1.82, 2.24) is 10.1 Å². The third-order valence-electron chi connectivity index (χ3n) is 6.12. The second-order valence-electron chi connectivity index (χ2n) is 8.27. The Morgan fingerprint density at radius 2 is 1.76 bits per heavy atom. The summed E-state index contributed by atoms with van der Waals surface area (Å²) in [5.41, 5.74) is 3.06. The van der Waals surface area contributed by atoms with Gasteiger partial charge in [-0.1, -0.05) is 47.6 Å². The van der Waals surface area contributed by atoms with E-state index in [1.165, 1.54) is 0 Å². The quantitative estimate of drug-likeness (QED) is 0.498. The molecule has 0 unspecified atom stereocenters. The first-order valence-electron chi connectivity index (χ1n) is 11.3. The van der Waals surface area contributed by atoms with Crippen molar-refractivity contribution >= 4 is 21.4 Å². The van der Waals surface area contributed by atoms with Crippen LogP contribution in [0.5, 0.6) is 0 Å². The number of rotatable bonds is 8. The third kappa shape index (κ3) is 5.27. The summed E-state index contributed by atoms with van der Waals surface area (Å²) < 4.78 is 29.7. The minimum Gasteiger partial charge on any atom is -0.372 e. The second kappa shape index (κ2) is 9.79. The van der Waals surface area contributed by atoms with Gasteiger partial charge in [-0.3, -0.25) is 4.79 Å². The molecule has 3 aromatic rings. The number of carbonyl (C=O) groups is 1. The van der Waals surface area contributed by atoms with E-state index in [4.69, 9.17) is 4.52 Å². The predicted octanol–water partition coefficient (Wildman–Crippen LogP) is 4.02. The van der Waals surface area contributed by atoms with Gasteiger partial charge in [0.05, 0.1) is 11.5 Å². The maximum Gasteiger partial charge on any atom is 0.276 e. The number of anilines is 1. The van der Waals surface area contributed by atoms with Crippen molar-refractivity contribution < 1.29 is 17.7 Å². The number of hydrogen-bond donors (Lipinski definition) is 0. The van der Waals surface area contributed by atoms with Crippen molar-refractivity contribution in [2.24, 2.45) is 0 Å². The van der Waals surface area contributed by atoms with Gasteiger partial charge < -0.3 is 14.3 Å². The van der Waals surface area contributed by atoms with Gasteiger partial charge in [0.15, 0.2) is 21.3 Å². The minimum atomic E-state index is -3.16. The molecule has 1 aromatic heterocycles. The maximum absolute atomic E-state index is 13.5. The fourth-order valence-corrected chi connectivity index (χ4v) is 5.98. The Balaban J connectivity index is 1.59. The largest absolute Gasteiger partial charge is 0.372 e. The van der Waals surface area contributed by atoms with Gasteiger partial charge in [0.1, 0.15) is 0 Å². The molecule has 174 valence electrons. The van der Waals surface area contributed by atoms with Gasteiger partial charge in [-0.25, -0.2) is 8.42 Å². The molecule has 1 amide bonds. The van der Waals surface area contributed by atoms with E-state index < -0.39 is 9.84 Å². The van der Waals surface area contributed by atoms with Crippen LogP contribution in [0.4, 0.5) is 5.69 Å². The molecule has 2 aromatic carbocycles. The first-order valence-corrected chi connectivity index (χ1v) is 13.1. The van der Waals surface area contributed by atoms with Crippen molar-refractivity contribution in [2.75, 3.05) is 29.5 Å². The summed E-state index contributed by atoms with van der Waals surface area (Å²) >= 11 is 0. The van der Waals surface area contributed by atoms with E-state index in [1.807, 2.05) is 54.6 Å². The minimum absolute atomic E-state index is 0.0281. The van der Waals surface area contributed by atoms with Gasteiger partial charge in [-0.05, 0) is 38.0 Å². The van der Waals surface area contributed by atoms with Crippen molar-refractivity contribution in [2.45, 2.75) is 32.9 Å². The highest BCUT2D eigenvalue weighted by Crippen LogP contribution is 2.25. The highest BCUT2D eigenvalue weighted by atomic mass is 32.2. The fraction of sp³-hybridized carbons (Fsp3) is 0.360. The Labute approximate surface area is 194 Å². The molecule has 7 nitrogen and oxygen atoms in total. The SMILES string of the molecule is CCN(CC)c1ccc(CN(C(=O)c2cc(-c3ccccc3)on2)[C@@H]2CCS(=O)(=O)C2)cc1. The molecule has 4 rings (SSSR count). The zero-order chi connectivity index (χ0) is 23.4. The summed E-state index contributed by atoms with van der Waals surface area (Å²) in [7, 11) is -3.16. The van der Waals surface area contributed by atoms with E-state index in [9.17, 15) is 13.2 Å². The zero-order valence-corrected chi connectivity index (χ0v) is 19.8. The molecule has 33 heavy (non-hydrogen) atoms. The molecule has 0 N–H and O–H groups in total. The van der Waals surface area contributed by atoms with Crippen LogP contribution >= 0.6 is 0 Å². The summed E-state index contributed by atoms with van der Waals surface area (Å²) in [4.78, 5) is 17.3. The predicted molar refractivity (Wildman–Crippen MR) is 129 cm³/mol. The number of aromatic nitrogens is 1. The molecule has 1 aliphatic rings. The molecular formula is C25H29N3O4S. The van der Waals surface area contributed by atoms with Gasteiger partial charge in [-0.15, -0.1) is 0 Å². The van der Waals surface area contributed by atoms with Crippen molar-refractivity contribution in [3.8, 4) is 11.3 Å². The Hall–Kier alpha value is -3.13. The monoisotopic (exact) mass is 467 g/mol. The smallest absolute Gasteiger partial charge is 0.276 e. The van der Waals surface area contributed by atoms with E-state index >= 15 is 0 Å². The summed E-state index contributed by atoms with van der Waals surface area (Å²) in [6.45, 7) is 6.36. The van der Waals surface area contributed by atoms with Crippen molar-refractivity contribution in [1.29, 1.82) is 0 Å². The molecule has 1 aliphatic heterocycles. The van der Waals surface area contributed by atoms with Gasteiger partial charge >= 0.3 is 0 Å². The van der Waals surface area contributed by atoms with Crippen LogP contribution in [0.1, 0.15) is 36.3 Å². The number of sulfone groups is 1. The van der Waals surface area contributed by atoms with Gasteiger partial charge in [-0.2, -0.15) is 0 Å². The molecule has 2 heterocycles. The molecule has 1 fully saturated rings. The summed E-state index contributed by atoms with van der Waals surface area (Å²) in [5.74, 6) is 0.244. The van der Waals surface area contributed by atoms with Crippen LogP contribution in [-0.4, -0.2) is 55.0 Å². The van der Waals surface area contributed by atoms with Crippen LogP contribution in [0.3, 0.4) is 0 Å². The van der Waals surface area contributed by atoms with Crippen LogP contribution in [0.25, 0.3) is 11.3 Å². The highest BCUT2D eigenvalue weighted by molar-refractivity contribution is 7.91. The fourth-order valence-electron chi connectivity index (χ4n) is 4.25. The lowest BCUT2D eigenvalue weighted by Crippen LogP contribution is -2.40. The molecule has 0 spiro atoms. The molecule has 0 aliphatic carbocycles. The number of benzene rings is 2. The number of carbonyl (C=O) groups excluding carboxylic acids is 1. The molecule has 8 heteroatoms. The van der Waals surface area contributed by atoms with Gasteiger partial charge in [0.25, 0.3) is 5.91 Å². The first kappa shape index (κ1) is 23.0. The number of nitrogens with zero attached hydrogens (tertiary/aromatic N) is 3. The molecule has 1 saturated heterocycles. The van der Waals surface area contributed by atoms with E-state index in [1.54, 1.807) is 11.0 Å². The lowest BCUT2D eigenvalue weighted by molar-refractivity contribution is 0.0670. The Morgan fingerprint density at radius 3 is 2.36 bits per heavy atom. The maximum atomic E-state index is 13.5. The van der Waals surface area contributed by atoms with Crippen molar-refractivity contribution in [3.63, 3.8) is 0 Å². The Morgan fingerprint density at radius 1 is 1.06 bits per heavy atom. The normalized spacial score (nSPS) is 17.1. The standard InChI is InChI=1S/C25H29N3O4S/c1-3-27(4-2)21-12-10-19(11-13-21)17-28(22-14-15-33(30,31)18-22)25(29)23-16-24(32-26-23)20-8-6-5-7-9-20/h5-13,16,22H,3-4,14-15,17-18H2,1-2H3/t22-/m1/s1. The molecule has 0 radical (unpaired) electrons. The van der Waals surface area contributed by atoms with Crippen LogP contribution in [0.2, 0.25) is 0 Å². The van der Waals surface area contributed by atoms with Crippen LogP contribution in [0.15, 0.2) is 65.2 Å². The van der Waals surface area contributed by atoms with E-state index in [0.29, 0.717) is 18.7 Å². The van der Waals surface area contributed by atoms with Crippen molar-refractivity contribution in [3.05, 3.63) is 71.9 Å². The van der Waals surface area contributed by atoms with Crippen LogP contribution in [0, 0.1) is 0 Å². The first-order chi connectivity index (χ1) is 15.9. The number of amides is 1. The van der Waals surface area contributed by atoms with E-state index in [2.05, 4.69) is 23.9 Å². The summed E-state index contributed by atoms with van der Waals surface area (Å²) in [6.07, 6.45) is 0.426. The Bertz CT molecular complexity index is 1190. The molecular weight excluding hydrogens is 438 g/mol. The van der Waals surface area contributed by atoms with Gasteiger partial charge in [0.2, 0.25) is 0 Å². The lowest BCUT2D eigenvalue weighted by atomic mass is 10.1. The molecule has 1 atom stereocenters. The molecule has 0 saturated carbocycles. The molecule has 0 bridgehead atoms. The van der Waals surface area contributed by atoms with Crippen LogP contribution < -0.4 is 4.90 Å². The highest BCUT2D eigenvalue weighted by Gasteiger charge is 2.36. The van der Waals surface area contributed by atoms with E-state index in [0.717, 1.165) is 29.9 Å². The Kier molecular flexibility index (Phi) is 6.83. The average Bonchev–Trinajstić information content (AvgIpc) is 3.46. The summed E-state index contributed by atoms with van der Waals surface area (Å²) in [5, 5.41) is 4.00. The number of hydrogen-bond acceptors (Lipinski definition) is 6. The van der Waals surface area contributed by atoms with Gasteiger partial charge in [0, 0.05) is 43.0 Å². The van der Waals surface area contributed by atoms with E-state index in [-0.39, 0.29) is 29.1 Å². The average molecular weight is 468 g/mol. The summed E-state index contributed by atoms with van der Waals surface area (Å²) in [6, 6.07) is 18.7. The van der Waals surface area contributed by atoms with Crippen LogP contribution in [-0.2, 0) is 16.4 Å². The second-order valence-corrected chi connectivity index (χ2v) is 10.5. The third-order valence-corrected chi connectivity index (χ3v) is 7.87.